The summed E-state index contributed by atoms with van der Waals surface area (Å²) in [5, 5.41) is 0.0949. The summed E-state index contributed by atoms with van der Waals surface area (Å²) >= 11 is 0. The van der Waals surface area contributed by atoms with Gasteiger partial charge in [0.2, 0.25) is 5.91 Å². The number of primary amides is 1. The van der Waals surface area contributed by atoms with Gasteiger partial charge in [-0.2, -0.15) is 4.31 Å². The molecule has 1 aliphatic rings. The first kappa shape index (κ1) is 13.0. The molecule has 1 saturated heterocycles. The average Bonchev–Trinajstić information content (AvgIpc) is 2.76. The molecule has 7 nitrogen and oxygen atoms in total. The van der Waals surface area contributed by atoms with Gasteiger partial charge in [0.15, 0.2) is 5.03 Å². The van der Waals surface area contributed by atoms with Gasteiger partial charge in [-0.05, 0) is 19.8 Å². The molecule has 2 rings (SSSR count). The minimum absolute atomic E-state index is 0.0949. The van der Waals surface area contributed by atoms with Gasteiger partial charge in [-0.3, -0.25) is 4.79 Å². The lowest BCUT2D eigenvalue weighted by molar-refractivity contribution is -0.122. The number of carbonyl (C=O) groups excluding carboxylic acids is 1. The number of rotatable bonds is 3. The molecule has 100 valence electrons. The molecule has 0 bridgehead atoms. The van der Waals surface area contributed by atoms with E-state index in [2.05, 4.69) is 9.97 Å². The third-order valence-corrected chi connectivity index (χ3v) is 4.96. The number of nitrogens with one attached hydrogen (secondary N) is 1. The summed E-state index contributed by atoms with van der Waals surface area (Å²) in [6.07, 6.45) is 2.26. The third-order valence-electron chi connectivity index (χ3n) is 3.15. The highest BCUT2D eigenvalue weighted by atomic mass is 32.2. The Bertz CT molecular complexity index is 543. The molecule has 0 atom stereocenters. The smallest absolute Gasteiger partial charge is 0.260 e. The van der Waals surface area contributed by atoms with Crippen molar-refractivity contribution < 1.29 is 13.2 Å². The lowest BCUT2D eigenvalue weighted by atomic mass is 9.98. The molecular formula is C10H16N4O3S. The van der Waals surface area contributed by atoms with Crippen LogP contribution in [0.1, 0.15) is 18.7 Å². The first-order valence-corrected chi connectivity index (χ1v) is 7.16. The number of imidazole rings is 1. The Kier molecular flexibility index (Phi) is 3.40. The molecular weight excluding hydrogens is 256 g/mol. The van der Waals surface area contributed by atoms with E-state index in [1.165, 1.54) is 10.5 Å². The number of H-pyrrole nitrogens is 1. The normalized spacial score (nSPS) is 18.9. The Labute approximate surface area is 105 Å². The number of sulfonamides is 1. The third kappa shape index (κ3) is 2.39. The maximum absolute atomic E-state index is 12.2. The fourth-order valence-electron chi connectivity index (χ4n) is 2.05. The number of aryl methyl sites for hydroxylation is 1. The van der Waals surface area contributed by atoms with Crippen molar-refractivity contribution in [3.05, 3.63) is 12.0 Å². The fourth-order valence-corrected chi connectivity index (χ4v) is 3.48. The second-order valence-corrected chi connectivity index (χ2v) is 6.32. The van der Waals surface area contributed by atoms with Crippen molar-refractivity contribution >= 4 is 15.9 Å². The summed E-state index contributed by atoms with van der Waals surface area (Å²) < 4.78 is 25.8. The second-order valence-electron chi connectivity index (χ2n) is 4.41. The van der Waals surface area contributed by atoms with Gasteiger partial charge in [-0.25, -0.2) is 13.4 Å². The average molecular weight is 272 g/mol. The maximum Gasteiger partial charge on any atom is 0.260 e. The van der Waals surface area contributed by atoms with E-state index in [4.69, 9.17) is 5.73 Å². The van der Waals surface area contributed by atoms with Crippen LogP contribution in [0.3, 0.4) is 0 Å². The molecule has 0 aromatic carbocycles. The lowest BCUT2D eigenvalue weighted by Gasteiger charge is -2.29. The van der Waals surface area contributed by atoms with Crippen molar-refractivity contribution in [2.75, 3.05) is 13.1 Å². The van der Waals surface area contributed by atoms with Crippen LogP contribution in [0.4, 0.5) is 0 Å². The minimum Gasteiger partial charge on any atom is -0.369 e. The van der Waals surface area contributed by atoms with Crippen molar-refractivity contribution in [3.8, 4) is 0 Å². The van der Waals surface area contributed by atoms with Gasteiger partial charge in [0.1, 0.15) is 5.82 Å². The Morgan fingerprint density at radius 3 is 2.56 bits per heavy atom. The molecule has 0 saturated carbocycles. The number of aromatic amines is 1. The van der Waals surface area contributed by atoms with Crippen LogP contribution < -0.4 is 5.73 Å². The van der Waals surface area contributed by atoms with Gasteiger partial charge in [-0.1, -0.05) is 0 Å². The predicted octanol–water partition coefficient (Wildman–Crippen LogP) is -0.396. The van der Waals surface area contributed by atoms with E-state index in [9.17, 15) is 13.2 Å². The number of nitrogens with two attached hydrogens (primary N) is 1. The Morgan fingerprint density at radius 1 is 1.50 bits per heavy atom. The van der Waals surface area contributed by atoms with Crippen molar-refractivity contribution in [1.29, 1.82) is 0 Å². The Hall–Kier alpha value is -1.41. The van der Waals surface area contributed by atoms with Crippen LogP contribution in [0.15, 0.2) is 11.2 Å². The molecule has 1 aliphatic heterocycles. The fraction of sp³-hybridized carbons (Fsp3) is 0.600. The van der Waals surface area contributed by atoms with E-state index in [-0.39, 0.29) is 16.9 Å². The summed E-state index contributed by atoms with van der Waals surface area (Å²) in [4.78, 5) is 17.6. The second kappa shape index (κ2) is 4.69. The van der Waals surface area contributed by atoms with Crippen molar-refractivity contribution in [2.24, 2.45) is 11.7 Å². The van der Waals surface area contributed by atoms with Crippen molar-refractivity contribution in [3.63, 3.8) is 0 Å². The highest BCUT2D eigenvalue weighted by Crippen LogP contribution is 2.22. The predicted molar refractivity (Wildman–Crippen MR) is 64.0 cm³/mol. The summed E-state index contributed by atoms with van der Waals surface area (Å²) in [6.45, 7) is 2.32. The van der Waals surface area contributed by atoms with Crippen LogP contribution >= 0.6 is 0 Å². The van der Waals surface area contributed by atoms with Gasteiger partial charge < -0.3 is 10.7 Å². The summed E-state index contributed by atoms with van der Waals surface area (Å²) in [7, 11) is -3.53. The maximum atomic E-state index is 12.2. The Morgan fingerprint density at radius 2 is 2.11 bits per heavy atom. The molecule has 3 N–H and O–H groups in total. The van der Waals surface area contributed by atoms with E-state index in [0.29, 0.717) is 31.8 Å². The van der Waals surface area contributed by atoms with Gasteiger partial charge in [-0.15, -0.1) is 0 Å². The number of carbonyl (C=O) groups is 1. The standard InChI is InChI=1S/C10H16N4O3S/c1-7-12-6-9(13-7)18(16,17)14-4-2-8(3-5-14)10(11)15/h6,8H,2-5H2,1H3,(H2,11,15)(H,12,13). The molecule has 0 spiro atoms. The first-order valence-electron chi connectivity index (χ1n) is 5.72. The summed E-state index contributed by atoms with van der Waals surface area (Å²) in [5.74, 6) is -0.0232. The summed E-state index contributed by atoms with van der Waals surface area (Å²) in [6, 6.07) is 0. The molecule has 0 unspecified atom stereocenters. The molecule has 1 aromatic rings. The van der Waals surface area contributed by atoms with E-state index in [1.807, 2.05) is 0 Å². The van der Waals surface area contributed by atoms with Crippen LogP contribution in [-0.2, 0) is 14.8 Å². The highest BCUT2D eigenvalue weighted by molar-refractivity contribution is 7.89. The van der Waals surface area contributed by atoms with E-state index in [0.717, 1.165) is 0 Å². The van der Waals surface area contributed by atoms with Crippen LogP contribution in [0.2, 0.25) is 0 Å². The van der Waals surface area contributed by atoms with Crippen LogP contribution in [-0.4, -0.2) is 41.7 Å². The molecule has 18 heavy (non-hydrogen) atoms. The number of hydrogen-bond acceptors (Lipinski definition) is 4. The SMILES string of the molecule is Cc1ncc(S(=O)(=O)N2CCC(C(N)=O)CC2)[nH]1. The number of amides is 1. The molecule has 1 amide bonds. The number of hydrogen-bond donors (Lipinski definition) is 2. The Balaban J connectivity index is 2.12. The van der Waals surface area contributed by atoms with Crippen LogP contribution in [0.25, 0.3) is 0 Å². The van der Waals surface area contributed by atoms with Gasteiger partial charge >= 0.3 is 0 Å². The quantitative estimate of drug-likeness (QED) is 0.780. The largest absolute Gasteiger partial charge is 0.369 e. The number of aromatic nitrogens is 2. The minimum atomic E-state index is -3.53. The molecule has 0 aliphatic carbocycles. The van der Waals surface area contributed by atoms with Crippen LogP contribution in [0, 0.1) is 12.8 Å². The highest BCUT2D eigenvalue weighted by Gasteiger charge is 2.32. The summed E-state index contributed by atoms with van der Waals surface area (Å²) in [5.41, 5.74) is 5.21. The molecule has 1 aromatic heterocycles. The van der Waals surface area contributed by atoms with Gasteiger partial charge in [0, 0.05) is 19.0 Å². The zero-order chi connectivity index (χ0) is 13.3. The van der Waals surface area contributed by atoms with E-state index in [1.54, 1.807) is 6.92 Å². The van der Waals surface area contributed by atoms with Crippen molar-refractivity contribution in [2.45, 2.75) is 24.8 Å². The number of nitrogens with zero attached hydrogens (tertiary/aromatic N) is 2. The molecule has 1 fully saturated rings. The van der Waals surface area contributed by atoms with Crippen LogP contribution in [0.5, 0.6) is 0 Å². The van der Waals surface area contributed by atoms with Gasteiger partial charge in [0.05, 0.1) is 6.20 Å². The molecule has 0 radical (unpaired) electrons. The van der Waals surface area contributed by atoms with E-state index < -0.39 is 10.0 Å². The van der Waals surface area contributed by atoms with Gasteiger partial charge in [0.25, 0.3) is 10.0 Å². The van der Waals surface area contributed by atoms with E-state index >= 15 is 0 Å². The first-order chi connectivity index (χ1) is 8.41. The zero-order valence-electron chi connectivity index (χ0n) is 10.1. The molecule has 8 heteroatoms. The topological polar surface area (TPSA) is 109 Å². The van der Waals surface area contributed by atoms with Crippen molar-refractivity contribution in [1.82, 2.24) is 14.3 Å². The molecule has 2 heterocycles. The zero-order valence-corrected chi connectivity index (χ0v) is 10.9. The number of piperidine rings is 1. The lowest BCUT2D eigenvalue weighted by Crippen LogP contribution is -2.41. The monoisotopic (exact) mass is 272 g/mol.